The Balaban J connectivity index is 1.55. The lowest BCUT2D eigenvalue weighted by atomic mass is 9.93. The maximum absolute atomic E-state index is 15.6. The Kier molecular flexibility index (Phi) is 8.89. The summed E-state index contributed by atoms with van der Waals surface area (Å²) in [6, 6.07) is 14.2. The zero-order chi connectivity index (χ0) is 31.0. The monoisotopic (exact) mass is 622 g/mol. The quantitative estimate of drug-likeness (QED) is 0.418. The van der Waals surface area contributed by atoms with Crippen LogP contribution < -0.4 is 25.2 Å². The fourth-order valence-electron chi connectivity index (χ4n) is 5.79. The first-order valence-corrected chi connectivity index (χ1v) is 14.9. The number of ether oxygens (including phenoxy) is 1. The number of likely N-dealkylation sites (N-methyl/N-ethyl adjacent to an activating group) is 1. The number of piperazine rings is 1. The molecule has 2 aliphatic heterocycles. The summed E-state index contributed by atoms with van der Waals surface area (Å²) < 4.78 is 20.8. The highest BCUT2D eigenvalue weighted by Crippen LogP contribution is 2.36. The molecule has 0 spiro atoms. The molecule has 224 valence electrons. The van der Waals surface area contributed by atoms with E-state index in [1.165, 1.54) is 18.1 Å². The first-order chi connectivity index (χ1) is 20.5. The van der Waals surface area contributed by atoms with Gasteiger partial charge < -0.3 is 15.0 Å². The van der Waals surface area contributed by atoms with Gasteiger partial charge in [-0.25, -0.2) is 9.37 Å². The molecule has 0 bridgehead atoms. The third-order valence-electron chi connectivity index (χ3n) is 8.37. The molecule has 2 aliphatic rings. The van der Waals surface area contributed by atoms with Crippen molar-refractivity contribution in [1.29, 1.82) is 5.26 Å². The van der Waals surface area contributed by atoms with Gasteiger partial charge in [-0.05, 0) is 68.7 Å². The number of carbonyl (C=O) groups is 2. The van der Waals surface area contributed by atoms with Crippen molar-refractivity contribution in [1.82, 2.24) is 15.2 Å². The van der Waals surface area contributed by atoms with Crippen LogP contribution in [0.3, 0.4) is 0 Å². The number of halogens is 2. The lowest BCUT2D eigenvalue weighted by Crippen LogP contribution is -2.55. The van der Waals surface area contributed by atoms with E-state index in [1.807, 2.05) is 0 Å². The van der Waals surface area contributed by atoms with E-state index < -0.39 is 29.6 Å². The lowest BCUT2D eigenvalue weighted by Gasteiger charge is -2.43. The van der Waals surface area contributed by atoms with E-state index in [2.05, 4.69) is 51.3 Å². The minimum Gasteiger partial charge on any atom is -0.497 e. The van der Waals surface area contributed by atoms with Gasteiger partial charge in [0.05, 0.1) is 12.7 Å². The molecule has 0 saturated carbocycles. The number of aromatic nitrogens is 1. The lowest BCUT2D eigenvalue weighted by molar-refractivity contribution is -0.118. The van der Waals surface area contributed by atoms with Gasteiger partial charge in [-0.2, -0.15) is 5.26 Å². The predicted molar refractivity (Wildman–Crippen MR) is 168 cm³/mol. The molecular weight excluding hydrogens is 590 g/mol. The number of benzene rings is 2. The maximum Gasteiger partial charge on any atom is 0.251 e. The summed E-state index contributed by atoms with van der Waals surface area (Å²) in [5.41, 5.74) is 0.753. The van der Waals surface area contributed by atoms with E-state index >= 15 is 4.39 Å². The van der Waals surface area contributed by atoms with Crippen molar-refractivity contribution in [2.24, 2.45) is 0 Å². The van der Waals surface area contributed by atoms with Gasteiger partial charge in [-0.3, -0.25) is 19.4 Å². The largest absolute Gasteiger partial charge is 0.497 e. The highest BCUT2D eigenvalue weighted by molar-refractivity contribution is 7.27. The molecule has 43 heavy (non-hydrogen) atoms. The molecule has 5 rings (SSSR count). The smallest absolute Gasteiger partial charge is 0.251 e. The maximum atomic E-state index is 15.6. The predicted octanol–water partition coefficient (Wildman–Crippen LogP) is 3.71. The Labute approximate surface area is 257 Å². The van der Waals surface area contributed by atoms with Crippen molar-refractivity contribution < 1.29 is 18.7 Å². The number of methoxy groups -OCH3 is 1. The third kappa shape index (κ3) is 6.03. The molecule has 1 N–H and O–H groups in total. The number of hydrogen-bond donors (Lipinski definition) is 1. The van der Waals surface area contributed by atoms with Gasteiger partial charge in [0, 0.05) is 59.9 Å². The number of rotatable bonds is 6. The van der Waals surface area contributed by atoms with Gasteiger partial charge in [0.15, 0.2) is 5.82 Å². The van der Waals surface area contributed by atoms with Crippen LogP contribution in [0.15, 0.2) is 48.5 Å². The molecule has 3 aromatic rings. The summed E-state index contributed by atoms with van der Waals surface area (Å²) in [6.07, 6.45) is 0. The van der Waals surface area contributed by atoms with Crippen LogP contribution in [0.5, 0.6) is 5.75 Å². The first kappa shape index (κ1) is 30.7. The number of anilines is 2. The number of amides is 2. The van der Waals surface area contributed by atoms with E-state index in [0.29, 0.717) is 27.5 Å². The van der Waals surface area contributed by atoms with Crippen LogP contribution in [-0.4, -0.2) is 73.6 Å². The molecule has 0 radical (unpaired) electrons. The molecule has 2 amide bonds. The second-order valence-electron chi connectivity index (χ2n) is 11.0. The van der Waals surface area contributed by atoms with Crippen molar-refractivity contribution in [3.8, 4) is 11.8 Å². The first-order valence-electron chi connectivity index (χ1n) is 13.9. The van der Waals surface area contributed by atoms with Crippen molar-refractivity contribution in [3.63, 3.8) is 0 Å². The van der Waals surface area contributed by atoms with Crippen LogP contribution in [0.1, 0.15) is 41.3 Å². The van der Waals surface area contributed by atoms with Crippen LogP contribution in [0.2, 0.25) is 5.02 Å². The van der Waals surface area contributed by atoms with Crippen LogP contribution in [0.4, 0.5) is 16.0 Å². The number of hydrogen-bond acceptors (Lipinski definition) is 7. The molecule has 2 saturated heterocycles. The molecule has 3 heterocycles. The molecule has 5 atom stereocenters. The third-order valence-corrected chi connectivity index (χ3v) is 9.10. The van der Waals surface area contributed by atoms with E-state index in [4.69, 9.17) is 21.3 Å². The van der Waals surface area contributed by atoms with Crippen LogP contribution in [-0.2, 0) is 4.79 Å². The number of nitrogens with one attached hydrogen (secondary N) is 1. The summed E-state index contributed by atoms with van der Waals surface area (Å²) in [5, 5.41) is 13.8. The molecule has 2 fully saturated rings. The summed E-state index contributed by atoms with van der Waals surface area (Å²) in [4.78, 5) is 38.1. The fraction of sp³-hybridized carbons (Fsp3) is 0.355. The highest BCUT2D eigenvalue weighted by Gasteiger charge is 2.46. The summed E-state index contributed by atoms with van der Waals surface area (Å²) in [5.74, 6) is -1.22. The normalized spacial score (nSPS) is 22.4. The average molecular weight is 623 g/mol. The van der Waals surface area contributed by atoms with Gasteiger partial charge in [-0.15, -0.1) is 9.24 Å². The van der Waals surface area contributed by atoms with Crippen molar-refractivity contribution in [2.45, 2.75) is 37.9 Å². The molecule has 0 aliphatic carbocycles. The Morgan fingerprint density at radius 3 is 2.42 bits per heavy atom. The fourth-order valence-corrected chi connectivity index (χ4v) is 6.43. The Hall–Kier alpha value is -3.77. The van der Waals surface area contributed by atoms with E-state index in [-0.39, 0.29) is 35.6 Å². The van der Waals surface area contributed by atoms with Gasteiger partial charge in [-0.1, -0.05) is 11.6 Å². The van der Waals surface area contributed by atoms with Crippen LogP contribution in [0.25, 0.3) is 0 Å². The Morgan fingerprint density at radius 2 is 1.81 bits per heavy atom. The van der Waals surface area contributed by atoms with E-state index in [0.717, 1.165) is 13.1 Å². The standard InChI is InChI=1S/C31H33ClFN6O3P/c1-17-14-38(15-18(2)37(17)3)26-10-7-20(13-34)29(35-26)39-16-23(27-24(33)11-22(42-4)12-25(27)43)28(31(39)41)36-30(40)19-5-8-21(32)9-6-19/h5-12,17-18,23,28H,14-16,43H2,1-4H3,(H,36,40)/t17-,18+,23-,28-/m0/s1. The summed E-state index contributed by atoms with van der Waals surface area (Å²) >= 11 is 5.99. The second kappa shape index (κ2) is 12.5. The molecule has 1 aromatic heterocycles. The van der Waals surface area contributed by atoms with Crippen molar-refractivity contribution >= 4 is 49.6 Å². The molecule has 9 nitrogen and oxygen atoms in total. The average Bonchev–Trinajstić information content (AvgIpc) is 3.29. The Bertz CT molecular complexity index is 1560. The minimum atomic E-state index is -1.13. The molecular formula is C31H33ClFN6O3P. The van der Waals surface area contributed by atoms with E-state index in [1.54, 1.807) is 42.5 Å². The Morgan fingerprint density at radius 1 is 1.14 bits per heavy atom. The number of pyridine rings is 1. The SMILES string of the molecule is COc1cc(F)c([C@@H]2CN(c3nc(N4C[C@@H](C)N(C)[C@@H](C)C4)ccc3C#N)C(=O)[C@H]2NC(=O)c2ccc(Cl)cc2)c(P)c1. The number of nitriles is 1. The zero-order valence-corrected chi connectivity index (χ0v) is 26.3. The molecule has 1 unspecified atom stereocenters. The van der Waals surface area contributed by atoms with Gasteiger partial charge in [0.25, 0.3) is 11.8 Å². The van der Waals surface area contributed by atoms with Crippen LogP contribution >= 0.6 is 20.8 Å². The number of carbonyl (C=O) groups excluding carboxylic acids is 2. The van der Waals surface area contributed by atoms with Gasteiger partial charge >= 0.3 is 0 Å². The van der Waals surface area contributed by atoms with Crippen molar-refractivity contribution in [2.75, 3.05) is 43.6 Å². The summed E-state index contributed by atoms with van der Waals surface area (Å²) in [6.45, 7) is 5.72. The highest BCUT2D eigenvalue weighted by atomic mass is 35.5. The van der Waals surface area contributed by atoms with Crippen LogP contribution in [0, 0.1) is 17.1 Å². The molecule has 12 heteroatoms. The van der Waals surface area contributed by atoms with Crippen molar-refractivity contribution in [3.05, 3.63) is 76.1 Å². The second-order valence-corrected chi connectivity index (χ2v) is 12.1. The minimum absolute atomic E-state index is 0.00424. The topological polar surface area (TPSA) is 102 Å². The number of nitrogens with zero attached hydrogens (tertiary/aromatic N) is 5. The molecule has 2 aromatic carbocycles. The van der Waals surface area contributed by atoms with E-state index in [9.17, 15) is 14.9 Å². The van der Waals surface area contributed by atoms with Gasteiger partial charge in [0.2, 0.25) is 0 Å². The van der Waals surface area contributed by atoms with Gasteiger partial charge in [0.1, 0.15) is 29.5 Å². The summed E-state index contributed by atoms with van der Waals surface area (Å²) in [7, 11) is 6.03. The zero-order valence-electron chi connectivity index (χ0n) is 24.3.